The molecule has 0 saturated heterocycles. The number of rotatable bonds is 8. The normalized spacial score (nSPS) is 15.0. The predicted molar refractivity (Wildman–Crippen MR) is 98.6 cm³/mol. The molecule has 1 fully saturated rings. The second-order valence-corrected chi connectivity index (χ2v) is 8.54. The van der Waals surface area contributed by atoms with Crippen LogP contribution in [0.3, 0.4) is 0 Å². The van der Waals surface area contributed by atoms with Gasteiger partial charge in [-0.2, -0.15) is 8.78 Å². The van der Waals surface area contributed by atoms with Crippen LogP contribution in [0.25, 0.3) is 0 Å². The molecule has 2 aromatic rings. The quantitative estimate of drug-likeness (QED) is 0.613. The van der Waals surface area contributed by atoms with Gasteiger partial charge in [0.2, 0.25) is 11.0 Å². The van der Waals surface area contributed by atoms with Gasteiger partial charge in [-0.3, -0.25) is 4.79 Å². The van der Waals surface area contributed by atoms with E-state index in [-0.39, 0.29) is 16.7 Å². The van der Waals surface area contributed by atoms with Crippen molar-refractivity contribution in [2.45, 2.75) is 42.0 Å². The first kappa shape index (κ1) is 19.1. The summed E-state index contributed by atoms with van der Waals surface area (Å²) in [6, 6.07) is 4.57. The number of ether oxygens (including phenoxy) is 1. The van der Waals surface area contributed by atoms with Crippen molar-refractivity contribution in [3.05, 3.63) is 23.2 Å². The molecule has 0 radical (unpaired) electrons. The summed E-state index contributed by atoms with van der Waals surface area (Å²) in [5.74, 6) is -0.410. The molecule has 1 unspecified atom stereocenters. The van der Waals surface area contributed by atoms with Crippen LogP contribution in [0.1, 0.15) is 19.8 Å². The Morgan fingerprint density at radius 2 is 2.19 bits per heavy atom. The third kappa shape index (κ3) is 5.42. The van der Waals surface area contributed by atoms with Crippen LogP contribution in [0.15, 0.2) is 22.5 Å². The van der Waals surface area contributed by atoms with Crippen molar-refractivity contribution < 1.29 is 18.3 Å². The van der Waals surface area contributed by atoms with Crippen molar-refractivity contribution in [3.63, 3.8) is 0 Å². The maximum Gasteiger partial charge on any atom is 0.387 e. The Kier molecular flexibility index (Phi) is 6.15. The summed E-state index contributed by atoms with van der Waals surface area (Å²) in [7, 11) is 0. The van der Waals surface area contributed by atoms with Crippen molar-refractivity contribution in [2.75, 3.05) is 10.6 Å². The first-order chi connectivity index (χ1) is 12.4. The van der Waals surface area contributed by atoms with E-state index in [1.807, 2.05) is 0 Å². The number of alkyl halides is 2. The van der Waals surface area contributed by atoms with Crippen molar-refractivity contribution in [1.29, 1.82) is 0 Å². The number of nitrogens with zero attached hydrogens (tertiary/aromatic N) is 2. The Balaban J connectivity index is 1.54. The van der Waals surface area contributed by atoms with Gasteiger partial charge in [-0.15, -0.1) is 10.2 Å². The van der Waals surface area contributed by atoms with E-state index >= 15 is 0 Å². The molecule has 1 atom stereocenters. The Morgan fingerprint density at radius 1 is 1.42 bits per heavy atom. The van der Waals surface area contributed by atoms with E-state index in [1.165, 1.54) is 41.3 Å². The van der Waals surface area contributed by atoms with Crippen molar-refractivity contribution >= 4 is 51.4 Å². The highest BCUT2D eigenvalue weighted by molar-refractivity contribution is 8.02. The van der Waals surface area contributed by atoms with E-state index in [1.54, 1.807) is 6.92 Å². The lowest BCUT2D eigenvalue weighted by Gasteiger charge is -2.12. The Labute approximate surface area is 161 Å². The van der Waals surface area contributed by atoms with E-state index in [0.717, 1.165) is 18.0 Å². The molecule has 1 amide bonds. The number of carbonyl (C=O) groups is 1. The van der Waals surface area contributed by atoms with Crippen molar-refractivity contribution in [2.24, 2.45) is 0 Å². The average Bonchev–Trinajstić information content (AvgIpc) is 3.28. The lowest BCUT2D eigenvalue weighted by Crippen LogP contribution is -2.22. The highest BCUT2D eigenvalue weighted by atomic mass is 35.5. The summed E-state index contributed by atoms with van der Waals surface area (Å²) in [4.78, 5) is 12.3. The standard InChI is InChI=1S/C15H15ClF2N4O2S2/c1-7(25-15-22-21-14(26-15)20-8-2-3-8)12(23)19-9-4-5-11(10(16)6-9)24-13(17)18/h4-8,13H,2-3H2,1H3,(H,19,23)(H,20,21). The van der Waals surface area contributed by atoms with Crippen LogP contribution in [0.2, 0.25) is 5.02 Å². The number of carbonyl (C=O) groups excluding carboxylic acids is 1. The fourth-order valence-corrected chi connectivity index (χ4v) is 4.13. The van der Waals surface area contributed by atoms with E-state index in [2.05, 4.69) is 25.6 Å². The van der Waals surface area contributed by atoms with Gasteiger partial charge in [0.05, 0.1) is 10.3 Å². The molecule has 2 N–H and O–H groups in total. The van der Waals surface area contributed by atoms with Crippen LogP contribution in [-0.2, 0) is 4.79 Å². The highest BCUT2D eigenvalue weighted by Crippen LogP contribution is 2.33. The highest BCUT2D eigenvalue weighted by Gasteiger charge is 2.23. The van der Waals surface area contributed by atoms with E-state index in [4.69, 9.17) is 11.6 Å². The number of amides is 1. The molecule has 1 aliphatic carbocycles. The zero-order valence-corrected chi connectivity index (χ0v) is 15.9. The average molecular weight is 421 g/mol. The lowest BCUT2D eigenvalue weighted by molar-refractivity contribution is -0.115. The van der Waals surface area contributed by atoms with Gasteiger partial charge in [0, 0.05) is 11.7 Å². The Hall–Kier alpha value is -1.65. The molecule has 1 saturated carbocycles. The SMILES string of the molecule is CC(Sc1nnc(NC2CC2)s1)C(=O)Nc1ccc(OC(F)F)c(Cl)c1. The number of thioether (sulfide) groups is 1. The predicted octanol–water partition coefficient (Wildman–Crippen LogP) is 4.49. The summed E-state index contributed by atoms with van der Waals surface area (Å²) in [5.41, 5.74) is 0.391. The van der Waals surface area contributed by atoms with Gasteiger partial charge in [-0.25, -0.2) is 0 Å². The summed E-state index contributed by atoms with van der Waals surface area (Å²) >= 11 is 8.57. The molecule has 6 nitrogen and oxygen atoms in total. The van der Waals surface area contributed by atoms with Gasteiger partial charge < -0.3 is 15.4 Å². The lowest BCUT2D eigenvalue weighted by atomic mass is 10.3. The zero-order valence-electron chi connectivity index (χ0n) is 13.5. The molecule has 1 aromatic heterocycles. The van der Waals surface area contributed by atoms with Gasteiger partial charge in [0.25, 0.3) is 0 Å². The molecule has 1 aliphatic rings. The molecule has 3 rings (SSSR count). The Bertz CT molecular complexity index is 789. The molecule has 0 aliphatic heterocycles. The number of hydrogen-bond donors (Lipinski definition) is 2. The summed E-state index contributed by atoms with van der Waals surface area (Å²) in [5, 5.41) is 14.4. The molecule has 11 heteroatoms. The number of nitrogens with one attached hydrogen (secondary N) is 2. The minimum Gasteiger partial charge on any atom is -0.433 e. The van der Waals surface area contributed by atoms with Gasteiger partial charge >= 0.3 is 6.61 Å². The number of aromatic nitrogens is 2. The third-order valence-corrected chi connectivity index (χ3v) is 5.71. The maximum atomic E-state index is 12.3. The fraction of sp³-hybridized carbons (Fsp3) is 0.400. The second kappa shape index (κ2) is 8.36. The molecular formula is C15H15ClF2N4O2S2. The van der Waals surface area contributed by atoms with E-state index in [0.29, 0.717) is 16.1 Å². The van der Waals surface area contributed by atoms with E-state index in [9.17, 15) is 13.6 Å². The number of hydrogen-bond acceptors (Lipinski definition) is 7. The first-order valence-electron chi connectivity index (χ1n) is 7.72. The second-order valence-electron chi connectivity index (χ2n) is 5.56. The minimum atomic E-state index is -2.96. The number of benzene rings is 1. The van der Waals surface area contributed by atoms with Crippen LogP contribution in [0.4, 0.5) is 19.6 Å². The van der Waals surface area contributed by atoms with Gasteiger partial charge in [-0.1, -0.05) is 34.7 Å². The third-order valence-electron chi connectivity index (χ3n) is 3.37. The van der Waals surface area contributed by atoms with Gasteiger partial charge in [0.1, 0.15) is 5.75 Å². The van der Waals surface area contributed by atoms with Crippen LogP contribution < -0.4 is 15.4 Å². The summed E-state index contributed by atoms with van der Waals surface area (Å²) in [6.07, 6.45) is 2.29. The molecule has 140 valence electrons. The molecular weight excluding hydrogens is 406 g/mol. The minimum absolute atomic E-state index is 0.0108. The van der Waals surface area contributed by atoms with Crippen LogP contribution >= 0.6 is 34.7 Å². The number of halogens is 3. The van der Waals surface area contributed by atoms with Crippen molar-refractivity contribution in [1.82, 2.24) is 10.2 Å². The zero-order chi connectivity index (χ0) is 18.7. The van der Waals surface area contributed by atoms with Gasteiger partial charge in [-0.05, 0) is 38.0 Å². The Morgan fingerprint density at radius 3 is 2.85 bits per heavy atom. The molecule has 26 heavy (non-hydrogen) atoms. The smallest absolute Gasteiger partial charge is 0.387 e. The summed E-state index contributed by atoms with van der Waals surface area (Å²) < 4.78 is 29.4. The van der Waals surface area contributed by atoms with Crippen molar-refractivity contribution in [3.8, 4) is 5.75 Å². The van der Waals surface area contributed by atoms with Crippen LogP contribution in [-0.4, -0.2) is 34.0 Å². The van der Waals surface area contributed by atoms with Crippen LogP contribution in [0, 0.1) is 0 Å². The topological polar surface area (TPSA) is 76.1 Å². The largest absolute Gasteiger partial charge is 0.433 e. The molecule has 1 aromatic carbocycles. The summed E-state index contributed by atoms with van der Waals surface area (Å²) in [6.45, 7) is -1.22. The van der Waals surface area contributed by atoms with Gasteiger partial charge in [0.15, 0.2) is 4.34 Å². The molecule has 0 bridgehead atoms. The number of anilines is 2. The molecule has 0 spiro atoms. The maximum absolute atomic E-state index is 12.3. The fourth-order valence-electron chi connectivity index (χ4n) is 1.94. The monoisotopic (exact) mass is 420 g/mol. The molecule has 1 heterocycles. The first-order valence-corrected chi connectivity index (χ1v) is 9.80. The van der Waals surface area contributed by atoms with E-state index < -0.39 is 11.9 Å². The van der Waals surface area contributed by atoms with Crippen LogP contribution in [0.5, 0.6) is 5.75 Å².